The zero-order chi connectivity index (χ0) is 15.5. The summed E-state index contributed by atoms with van der Waals surface area (Å²) in [6.45, 7) is 8.16. The summed E-state index contributed by atoms with van der Waals surface area (Å²) in [5, 5.41) is 9.05. The number of aryl methyl sites for hydroxylation is 1. The minimum absolute atomic E-state index is 0. The van der Waals surface area contributed by atoms with Crippen LogP contribution in [-0.4, -0.2) is 36.5 Å². The molecule has 0 aliphatic heterocycles. The van der Waals surface area contributed by atoms with Crippen LogP contribution in [0, 0.1) is 6.92 Å². The normalized spacial score (nSPS) is 10.6. The maximum atomic E-state index is 11.8. The van der Waals surface area contributed by atoms with Gasteiger partial charge in [0.1, 0.15) is 5.82 Å². The fraction of sp³-hybridized carbons (Fsp3) is 0.533. The Morgan fingerprint density at radius 3 is 2.64 bits per heavy atom. The molecule has 6 nitrogen and oxygen atoms in total. The van der Waals surface area contributed by atoms with Crippen LogP contribution in [0.1, 0.15) is 32.3 Å². The molecule has 1 aromatic rings. The average molecular weight is 419 g/mol. The number of amides is 1. The zero-order valence-electron chi connectivity index (χ0n) is 13.5. The molecule has 22 heavy (non-hydrogen) atoms. The number of pyridine rings is 1. The number of nitrogens with zero attached hydrogens (tertiary/aromatic N) is 2. The molecule has 0 aromatic carbocycles. The lowest BCUT2D eigenvalue weighted by molar-refractivity contribution is -0.116. The van der Waals surface area contributed by atoms with Crippen molar-refractivity contribution in [3.05, 3.63) is 23.9 Å². The topological polar surface area (TPSA) is 78.4 Å². The summed E-state index contributed by atoms with van der Waals surface area (Å²) in [5.41, 5.74) is 1.07. The van der Waals surface area contributed by atoms with Gasteiger partial charge in [-0.15, -0.1) is 24.0 Å². The van der Waals surface area contributed by atoms with E-state index in [1.165, 1.54) is 0 Å². The van der Waals surface area contributed by atoms with Crippen molar-refractivity contribution in [1.82, 2.24) is 15.6 Å². The van der Waals surface area contributed by atoms with Crippen LogP contribution >= 0.6 is 24.0 Å². The number of guanidine groups is 1. The van der Waals surface area contributed by atoms with Crippen LogP contribution in [0.25, 0.3) is 0 Å². The maximum absolute atomic E-state index is 11.8. The summed E-state index contributed by atoms with van der Waals surface area (Å²) in [4.78, 5) is 20.3. The van der Waals surface area contributed by atoms with Crippen LogP contribution in [0.2, 0.25) is 0 Å². The molecule has 0 atom stereocenters. The van der Waals surface area contributed by atoms with Crippen molar-refractivity contribution in [3.8, 4) is 0 Å². The molecule has 0 spiro atoms. The molecule has 0 saturated carbocycles. The largest absolute Gasteiger partial charge is 0.357 e. The number of anilines is 1. The number of aromatic nitrogens is 1. The lowest BCUT2D eigenvalue weighted by atomic mass is 10.3. The Morgan fingerprint density at radius 2 is 2.05 bits per heavy atom. The second-order valence-electron chi connectivity index (χ2n) is 4.71. The number of hydrogen-bond acceptors (Lipinski definition) is 3. The third kappa shape index (κ3) is 8.81. The lowest BCUT2D eigenvalue weighted by Crippen LogP contribution is -2.38. The van der Waals surface area contributed by atoms with Gasteiger partial charge in [-0.2, -0.15) is 0 Å². The average Bonchev–Trinajstić information content (AvgIpc) is 2.47. The van der Waals surface area contributed by atoms with E-state index < -0.39 is 0 Å². The van der Waals surface area contributed by atoms with Gasteiger partial charge < -0.3 is 16.0 Å². The van der Waals surface area contributed by atoms with Crippen LogP contribution < -0.4 is 16.0 Å². The Morgan fingerprint density at radius 1 is 1.27 bits per heavy atom. The van der Waals surface area contributed by atoms with E-state index in [0.29, 0.717) is 18.8 Å². The number of halogens is 1. The highest BCUT2D eigenvalue weighted by molar-refractivity contribution is 14.0. The van der Waals surface area contributed by atoms with E-state index in [1.54, 1.807) is 12.3 Å². The lowest BCUT2D eigenvalue weighted by Gasteiger charge is -2.11. The van der Waals surface area contributed by atoms with Gasteiger partial charge in [0.2, 0.25) is 5.91 Å². The first-order valence-corrected chi connectivity index (χ1v) is 7.40. The van der Waals surface area contributed by atoms with Gasteiger partial charge in [0.25, 0.3) is 0 Å². The van der Waals surface area contributed by atoms with Gasteiger partial charge in [-0.1, -0.05) is 13.0 Å². The van der Waals surface area contributed by atoms with Crippen molar-refractivity contribution in [1.29, 1.82) is 0 Å². The molecule has 3 N–H and O–H groups in total. The molecule has 0 saturated heterocycles. The van der Waals surface area contributed by atoms with Crippen LogP contribution in [0.15, 0.2) is 23.3 Å². The SMILES string of the molecule is CCCN=C(NCC)NCCC(=O)Nc1ccc(C)cn1.I. The van der Waals surface area contributed by atoms with Crippen molar-refractivity contribution < 1.29 is 4.79 Å². The Kier molecular flexibility index (Phi) is 11.4. The monoisotopic (exact) mass is 419 g/mol. The Hall–Kier alpha value is -1.38. The number of aliphatic imine (C=N–C) groups is 1. The van der Waals surface area contributed by atoms with E-state index in [0.717, 1.165) is 31.0 Å². The highest BCUT2D eigenvalue weighted by Crippen LogP contribution is 2.03. The summed E-state index contributed by atoms with van der Waals surface area (Å²) < 4.78 is 0. The molecule has 124 valence electrons. The third-order valence-electron chi connectivity index (χ3n) is 2.66. The number of carbonyl (C=O) groups excluding carboxylic acids is 1. The minimum atomic E-state index is -0.0646. The molecule has 0 aliphatic carbocycles. The number of rotatable bonds is 7. The second kappa shape index (κ2) is 12.2. The van der Waals surface area contributed by atoms with E-state index in [1.807, 2.05) is 19.9 Å². The molecule has 7 heteroatoms. The van der Waals surface area contributed by atoms with Crippen molar-refractivity contribution in [2.45, 2.75) is 33.6 Å². The fourth-order valence-corrected chi connectivity index (χ4v) is 1.61. The Balaban J connectivity index is 0.00000441. The van der Waals surface area contributed by atoms with Gasteiger partial charge in [-0.3, -0.25) is 9.79 Å². The van der Waals surface area contributed by atoms with Gasteiger partial charge in [-0.05, 0) is 31.9 Å². The van der Waals surface area contributed by atoms with Crippen LogP contribution in [0.5, 0.6) is 0 Å². The molecule has 0 unspecified atom stereocenters. The minimum Gasteiger partial charge on any atom is -0.357 e. The summed E-state index contributed by atoms with van der Waals surface area (Å²) in [6, 6.07) is 3.72. The molecular formula is C15H26IN5O. The molecule has 0 radical (unpaired) electrons. The van der Waals surface area contributed by atoms with Crippen molar-refractivity contribution in [2.24, 2.45) is 4.99 Å². The van der Waals surface area contributed by atoms with Crippen LogP contribution in [-0.2, 0) is 4.79 Å². The zero-order valence-corrected chi connectivity index (χ0v) is 15.8. The maximum Gasteiger partial charge on any atom is 0.227 e. The molecule has 1 rings (SSSR count). The van der Waals surface area contributed by atoms with E-state index in [9.17, 15) is 4.79 Å². The summed E-state index contributed by atoms with van der Waals surface area (Å²) in [5.74, 6) is 1.27. The van der Waals surface area contributed by atoms with Gasteiger partial charge >= 0.3 is 0 Å². The fourth-order valence-electron chi connectivity index (χ4n) is 1.61. The molecule has 0 fully saturated rings. The first-order chi connectivity index (χ1) is 10.2. The quantitative estimate of drug-likeness (QED) is 0.360. The van der Waals surface area contributed by atoms with Crippen molar-refractivity contribution in [3.63, 3.8) is 0 Å². The van der Waals surface area contributed by atoms with E-state index in [2.05, 4.69) is 32.9 Å². The third-order valence-corrected chi connectivity index (χ3v) is 2.66. The highest BCUT2D eigenvalue weighted by Gasteiger charge is 2.04. The molecular weight excluding hydrogens is 393 g/mol. The second-order valence-corrected chi connectivity index (χ2v) is 4.71. The van der Waals surface area contributed by atoms with E-state index >= 15 is 0 Å². The van der Waals surface area contributed by atoms with Gasteiger partial charge in [0.05, 0.1) is 0 Å². The molecule has 0 bridgehead atoms. The first kappa shape index (κ1) is 20.6. The van der Waals surface area contributed by atoms with Gasteiger partial charge in [-0.25, -0.2) is 4.98 Å². The first-order valence-electron chi connectivity index (χ1n) is 7.40. The highest BCUT2D eigenvalue weighted by atomic mass is 127. The summed E-state index contributed by atoms with van der Waals surface area (Å²) >= 11 is 0. The molecule has 1 amide bonds. The Bertz CT molecular complexity index is 462. The van der Waals surface area contributed by atoms with Crippen LogP contribution in [0.4, 0.5) is 5.82 Å². The number of nitrogens with one attached hydrogen (secondary N) is 3. The van der Waals surface area contributed by atoms with E-state index in [-0.39, 0.29) is 29.9 Å². The van der Waals surface area contributed by atoms with Gasteiger partial charge in [0.15, 0.2) is 5.96 Å². The van der Waals surface area contributed by atoms with Gasteiger partial charge in [0, 0.05) is 32.3 Å². The number of carbonyl (C=O) groups is 1. The molecule has 1 heterocycles. The predicted molar refractivity (Wildman–Crippen MR) is 102 cm³/mol. The smallest absolute Gasteiger partial charge is 0.227 e. The standard InChI is InChI=1S/C15H25N5O.HI/c1-4-9-17-15(16-5-2)18-10-8-14(21)20-13-7-6-12(3)11-19-13;/h6-7,11H,4-5,8-10H2,1-3H3,(H2,16,17,18)(H,19,20,21);1H. The summed E-state index contributed by atoms with van der Waals surface area (Å²) in [6.07, 6.45) is 3.09. The Labute approximate surface area is 149 Å². The number of hydrogen-bond donors (Lipinski definition) is 3. The van der Waals surface area contributed by atoms with Crippen molar-refractivity contribution >= 4 is 41.7 Å². The summed E-state index contributed by atoms with van der Waals surface area (Å²) in [7, 11) is 0. The predicted octanol–water partition coefficient (Wildman–Crippen LogP) is 2.30. The van der Waals surface area contributed by atoms with Crippen LogP contribution in [0.3, 0.4) is 0 Å². The van der Waals surface area contributed by atoms with Crippen molar-refractivity contribution in [2.75, 3.05) is 25.0 Å². The molecule has 1 aromatic heterocycles. The van der Waals surface area contributed by atoms with E-state index in [4.69, 9.17) is 0 Å². The molecule has 0 aliphatic rings.